The lowest BCUT2D eigenvalue weighted by atomic mass is 9.92. The van der Waals surface area contributed by atoms with Crippen molar-refractivity contribution < 1.29 is 4.42 Å². The smallest absolute Gasteiger partial charge is 0.136 e. The van der Waals surface area contributed by atoms with Crippen molar-refractivity contribution in [2.75, 3.05) is 0 Å². The first-order valence-electron chi connectivity index (χ1n) is 18.8. The molecule has 0 radical (unpaired) electrons. The van der Waals surface area contributed by atoms with E-state index in [1.807, 2.05) is 24.3 Å². The van der Waals surface area contributed by atoms with E-state index in [9.17, 15) is 0 Å². The lowest BCUT2D eigenvalue weighted by Gasteiger charge is -2.12. The van der Waals surface area contributed by atoms with Gasteiger partial charge in [0, 0.05) is 22.0 Å². The Hall–Kier alpha value is -7.16. The van der Waals surface area contributed by atoms with E-state index in [0.29, 0.717) is 5.70 Å². The van der Waals surface area contributed by atoms with Crippen molar-refractivity contribution in [1.29, 1.82) is 0 Å². The Bertz CT molecular complexity index is 2740. The van der Waals surface area contributed by atoms with Crippen LogP contribution >= 0.6 is 0 Å². The molecular weight excluding hydrogens is 667 g/mol. The van der Waals surface area contributed by atoms with Gasteiger partial charge in [-0.2, -0.15) is 0 Å². The summed E-state index contributed by atoms with van der Waals surface area (Å²) in [7, 11) is 0. The maximum Gasteiger partial charge on any atom is 0.136 e. The zero-order valence-corrected chi connectivity index (χ0v) is 30.4. The quantitative estimate of drug-likeness (QED) is 0.152. The third-order valence-corrected chi connectivity index (χ3v) is 10.3. The molecule has 0 fully saturated rings. The second-order valence-corrected chi connectivity index (χ2v) is 13.9. The maximum atomic E-state index is 7.01. The van der Waals surface area contributed by atoms with Gasteiger partial charge < -0.3 is 10.2 Å². The number of fused-ring (bicyclic) bond motifs is 3. The number of benzene rings is 8. The summed E-state index contributed by atoms with van der Waals surface area (Å²) in [6.07, 6.45) is 5.17. The fraction of sp³-hybridized carbons (Fsp3) is 0.0189. The van der Waals surface area contributed by atoms with Crippen LogP contribution in [0, 0.1) is 0 Å². The summed E-state index contributed by atoms with van der Waals surface area (Å²) in [4.78, 5) is 0. The molecule has 2 N–H and O–H groups in total. The monoisotopic (exact) mass is 705 g/mol. The van der Waals surface area contributed by atoms with Crippen LogP contribution in [0.1, 0.15) is 16.7 Å². The fourth-order valence-electron chi connectivity index (χ4n) is 7.47. The second-order valence-electron chi connectivity index (χ2n) is 13.9. The SMILES string of the molecule is N/C(=C\C(=C/Cc1ccccc1)c1ccccc1)c1cccc2oc3ccc(-c4ccc(-c5cc(-c6ccccc6)cc(-c6ccccc6)c5)cc4)cc3c12. The topological polar surface area (TPSA) is 39.2 Å². The average Bonchev–Trinajstić information content (AvgIpc) is 3.64. The first-order valence-corrected chi connectivity index (χ1v) is 18.8. The molecule has 8 aromatic carbocycles. The molecule has 0 saturated heterocycles. The van der Waals surface area contributed by atoms with E-state index in [0.717, 1.165) is 56.2 Å². The summed E-state index contributed by atoms with van der Waals surface area (Å²) < 4.78 is 6.40. The highest BCUT2D eigenvalue weighted by Gasteiger charge is 2.15. The van der Waals surface area contributed by atoms with Crippen LogP contribution in [0.2, 0.25) is 0 Å². The summed E-state index contributed by atoms with van der Waals surface area (Å²) in [5.74, 6) is 0. The molecule has 55 heavy (non-hydrogen) atoms. The van der Waals surface area contributed by atoms with Crippen molar-refractivity contribution in [3.63, 3.8) is 0 Å². The maximum absolute atomic E-state index is 7.01. The number of hydrogen-bond acceptors (Lipinski definition) is 2. The number of allylic oxidation sites excluding steroid dienone is 3. The Morgan fingerprint density at radius 3 is 1.55 bits per heavy atom. The third kappa shape index (κ3) is 7.14. The predicted molar refractivity (Wildman–Crippen MR) is 232 cm³/mol. The molecule has 0 aliphatic carbocycles. The van der Waals surface area contributed by atoms with Gasteiger partial charge in [0.15, 0.2) is 0 Å². The average molecular weight is 706 g/mol. The molecule has 0 amide bonds. The lowest BCUT2D eigenvalue weighted by Crippen LogP contribution is -1.98. The van der Waals surface area contributed by atoms with Crippen LogP contribution in [0.25, 0.3) is 77.7 Å². The highest BCUT2D eigenvalue weighted by molar-refractivity contribution is 6.11. The highest BCUT2D eigenvalue weighted by atomic mass is 16.3. The van der Waals surface area contributed by atoms with Crippen LogP contribution in [-0.4, -0.2) is 0 Å². The van der Waals surface area contributed by atoms with Gasteiger partial charge in [0.2, 0.25) is 0 Å². The summed E-state index contributed by atoms with van der Waals surface area (Å²) >= 11 is 0. The summed E-state index contributed by atoms with van der Waals surface area (Å²) in [6.45, 7) is 0. The molecule has 1 aromatic heterocycles. The number of furan rings is 1. The van der Waals surface area contributed by atoms with Crippen molar-refractivity contribution in [3.05, 3.63) is 229 Å². The molecule has 0 spiro atoms. The van der Waals surface area contributed by atoms with Crippen molar-refractivity contribution in [3.8, 4) is 44.5 Å². The van der Waals surface area contributed by atoms with Crippen LogP contribution in [0.15, 0.2) is 217 Å². The normalized spacial score (nSPS) is 12.0. The Morgan fingerprint density at radius 2 is 0.945 bits per heavy atom. The predicted octanol–water partition coefficient (Wildman–Crippen LogP) is 13.9. The third-order valence-electron chi connectivity index (χ3n) is 10.3. The van der Waals surface area contributed by atoms with Gasteiger partial charge in [-0.25, -0.2) is 0 Å². The second kappa shape index (κ2) is 15.1. The summed E-state index contributed by atoms with van der Waals surface area (Å²) in [6, 6.07) is 70.5. The summed E-state index contributed by atoms with van der Waals surface area (Å²) in [5, 5.41) is 2.06. The number of hydrogen-bond donors (Lipinski definition) is 1. The first-order chi connectivity index (χ1) is 27.2. The van der Waals surface area contributed by atoms with Crippen LogP contribution in [0.4, 0.5) is 0 Å². The molecule has 9 rings (SSSR count). The summed E-state index contributed by atoms with van der Waals surface area (Å²) in [5.41, 5.74) is 23.2. The standard InChI is InChI=1S/C53H39NO/c54-50(36-44(38-16-7-2-8-17-38)25-24-37-14-5-1-6-15-37)48-22-13-23-52-53(48)49-35-43(30-31-51(49)55-52)41-26-28-42(29-27-41)47-33-45(39-18-9-3-10-19-39)32-46(34-47)40-20-11-4-12-21-40/h1-23,25-36H,24,54H2/b44-25+,50-36-. The van der Waals surface area contributed by atoms with Gasteiger partial charge >= 0.3 is 0 Å². The Balaban J connectivity index is 1.08. The molecular formula is C53H39NO. The van der Waals surface area contributed by atoms with Gasteiger partial charge in [0.1, 0.15) is 11.2 Å². The Morgan fingerprint density at radius 1 is 0.436 bits per heavy atom. The minimum atomic E-state index is 0.693. The van der Waals surface area contributed by atoms with Crippen molar-refractivity contribution in [1.82, 2.24) is 0 Å². The van der Waals surface area contributed by atoms with Crippen LogP contribution in [0.3, 0.4) is 0 Å². The van der Waals surface area contributed by atoms with Gasteiger partial charge in [0.05, 0.1) is 0 Å². The molecule has 0 aliphatic rings. The zero-order valence-electron chi connectivity index (χ0n) is 30.4. The molecule has 9 aromatic rings. The zero-order chi connectivity index (χ0) is 37.0. The van der Waals surface area contributed by atoms with Crippen LogP contribution < -0.4 is 5.73 Å². The molecule has 0 atom stereocenters. The van der Waals surface area contributed by atoms with E-state index in [4.69, 9.17) is 10.2 Å². The minimum Gasteiger partial charge on any atom is -0.456 e. The molecule has 2 heteroatoms. The van der Waals surface area contributed by atoms with Gasteiger partial charge in [0.25, 0.3) is 0 Å². The van der Waals surface area contributed by atoms with Crippen LogP contribution in [0.5, 0.6) is 0 Å². The highest BCUT2D eigenvalue weighted by Crippen LogP contribution is 2.38. The van der Waals surface area contributed by atoms with E-state index >= 15 is 0 Å². The fourth-order valence-corrected chi connectivity index (χ4v) is 7.47. The van der Waals surface area contributed by atoms with Gasteiger partial charge in [-0.3, -0.25) is 0 Å². The molecule has 0 unspecified atom stereocenters. The van der Waals surface area contributed by atoms with E-state index in [2.05, 4.69) is 188 Å². The van der Waals surface area contributed by atoms with Gasteiger partial charge in [-0.1, -0.05) is 170 Å². The van der Waals surface area contributed by atoms with Crippen molar-refractivity contribution in [2.24, 2.45) is 5.73 Å². The molecule has 262 valence electrons. The van der Waals surface area contributed by atoms with E-state index in [1.54, 1.807) is 0 Å². The number of rotatable bonds is 9. The Kier molecular flexibility index (Phi) is 9.22. The molecule has 1 heterocycles. The lowest BCUT2D eigenvalue weighted by molar-refractivity contribution is 0.669. The van der Waals surface area contributed by atoms with Crippen molar-refractivity contribution >= 4 is 33.2 Å². The number of nitrogens with two attached hydrogens (primary N) is 1. The largest absolute Gasteiger partial charge is 0.456 e. The molecule has 0 saturated carbocycles. The minimum absolute atomic E-state index is 0.693. The van der Waals surface area contributed by atoms with E-state index in [-0.39, 0.29) is 0 Å². The van der Waals surface area contributed by atoms with Gasteiger partial charge in [-0.15, -0.1) is 0 Å². The van der Waals surface area contributed by atoms with E-state index in [1.165, 1.54) is 38.9 Å². The molecule has 2 nitrogen and oxygen atoms in total. The molecule has 0 aliphatic heterocycles. The molecule has 0 bridgehead atoms. The van der Waals surface area contributed by atoms with E-state index < -0.39 is 0 Å². The first kappa shape index (κ1) is 33.7. The van der Waals surface area contributed by atoms with Crippen molar-refractivity contribution in [2.45, 2.75) is 6.42 Å². The van der Waals surface area contributed by atoms with Gasteiger partial charge in [-0.05, 0) is 110 Å². The Labute approximate surface area is 322 Å². The van der Waals surface area contributed by atoms with Crippen LogP contribution in [-0.2, 0) is 6.42 Å².